The fourth-order valence-electron chi connectivity index (χ4n) is 3.46. The van der Waals surface area contributed by atoms with E-state index in [2.05, 4.69) is 41.5 Å². The summed E-state index contributed by atoms with van der Waals surface area (Å²) in [5, 5.41) is 0. The lowest BCUT2D eigenvalue weighted by atomic mass is 9.56. The Hall–Kier alpha value is -0.530. The SMILES string of the molecule is CC(=O)N1CCC(CC(C)(C)C)(C(C)(C)C)CC1. The topological polar surface area (TPSA) is 20.3 Å². The van der Waals surface area contributed by atoms with Crippen molar-refractivity contribution in [3.05, 3.63) is 0 Å². The number of amides is 1. The molecule has 2 heteroatoms. The van der Waals surface area contributed by atoms with Crippen LogP contribution in [0.2, 0.25) is 0 Å². The number of nitrogens with zero attached hydrogens (tertiary/aromatic N) is 1. The third-order valence-electron chi connectivity index (χ3n) is 4.63. The Bertz CT molecular complexity index is 298. The van der Waals surface area contributed by atoms with Crippen molar-refractivity contribution in [1.82, 2.24) is 4.90 Å². The van der Waals surface area contributed by atoms with Gasteiger partial charge in [0.1, 0.15) is 0 Å². The summed E-state index contributed by atoms with van der Waals surface area (Å²) in [6.07, 6.45) is 3.54. The average molecular weight is 253 g/mol. The Labute approximate surface area is 113 Å². The zero-order valence-electron chi connectivity index (χ0n) is 13.4. The van der Waals surface area contributed by atoms with Crippen LogP contribution in [0.15, 0.2) is 0 Å². The molecule has 0 aliphatic carbocycles. The number of rotatable bonds is 1. The molecule has 0 aromatic rings. The van der Waals surface area contributed by atoms with Gasteiger partial charge in [0.05, 0.1) is 0 Å². The fraction of sp³-hybridized carbons (Fsp3) is 0.938. The first-order valence-corrected chi connectivity index (χ1v) is 7.22. The van der Waals surface area contributed by atoms with Gasteiger partial charge in [0.2, 0.25) is 5.91 Å². The van der Waals surface area contributed by atoms with Crippen LogP contribution in [-0.2, 0) is 4.79 Å². The minimum Gasteiger partial charge on any atom is -0.343 e. The first-order valence-electron chi connectivity index (χ1n) is 7.22. The molecule has 0 unspecified atom stereocenters. The molecule has 1 aliphatic heterocycles. The number of hydrogen-bond acceptors (Lipinski definition) is 1. The van der Waals surface area contributed by atoms with E-state index in [-0.39, 0.29) is 5.91 Å². The van der Waals surface area contributed by atoms with Gasteiger partial charge in [0.15, 0.2) is 0 Å². The molecule has 1 rings (SSSR count). The number of piperidine rings is 1. The molecule has 0 spiro atoms. The van der Waals surface area contributed by atoms with E-state index in [1.807, 2.05) is 4.90 Å². The highest BCUT2D eigenvalue weighted by Gasteiger charge is 2.46. The summed E-state index contributed by atoms with van der Waals surface area (Å²) in [5.74, 6) is 0.230. The van der Waals surface area contributed by atoms with Crippen LogP contribution < -0.4 is 0 Å². The third-order valence-corrected chi connectivity index (χ3v) is 4.63. The highest BCUT2D eigenvalue weighted by molar-refractivity contribution is 5.73. The van der Waals surface area contributed by atoms with E-state index in [0.29, 0.717) is 16.2 Å². The third kappa shape index (κ3) is 3.49. The lowest BCUT2D eigenvalue weighted by Crippen LogP contribution is -2.49. The Balaban J connectivity index is 2.87. The Morgan fingerprint density at radius 1 is 1.06 bits per heavy atom. The van der Waals surface area contributed by atoms with Gasteiger partial charge >= 0.3 is 0 Å². The molecule has 106 valence electrons. The summed E-state index contributed by atoms with van der Waals surface area (Å²) >= 11 is 0. The molecule has 0 radical (unpaired) electrons. The summed E-state index contributed by atoms with van der Waals surface area (Å²) in [6, 6.07) is 0. The molecule has 0 atom stereocenters. The van der Waals surface area contributed by atoms with Crippen LogP contribution in [0, 0.1) is 16.2 Å². The van der Waals surface area contributed by atoms with E-state index in [1.165, 1.54) is 6.42 Å². The number of likely N-dealkylation sites (tertiary alicyclic amines) is 1. The predicted octanol–water partition coefficient (Wildman–Crippen LogP) is 4.10. The van der Waals surface area contributed by atoms with Crippen LogP contribution in [0.25, 0.3) is 0 Å². The van der Waals surface area contributed by atoms with Gasteiger partial charge in [-0.15, -0.1) is 0 Å². The molecule has 1 fully saturated rings. The van der Waals surface area contributed by atoms with Crippen LogP contribution >= 0.6 is 0 Å². The van der Waals surface area contributed by atoms with Gasteiger partial charge in [-0.25, -0.2) is 0 Å². The van der Waals surface area contributed by atoms with Crippen molar-refractivity contribution in [2.45, 2.75) is 67.7 Å². The van der Waals surface area contributed by atoms with Crippen LogP contribution in [0.4, 0.5) is 0 Å². The maximum absolute atomic E-state index is 11.5. The van der Waals surface area contributed by atoms with Crippen molar-refractivity contribution in [1.29, 1.82) is 0 Å². The van der Waals surface area contributed by atoms with Crippen LogP contribution in [0.5, 0.6) is 0 Å². The lowest BCUT2D eigenvalue weighted by molar-refractivity contribution is -0.133. The molecule has 1 heterocycles. The van der Waals surface area contributed by atoms with Crippen LogP contribution in [0.1, 0.15) is 67.7 Å². The van der Waals surface area contributed by atoms with Gasteiger partial charge in [-0.1, -0.05) is 41.5 Å². The predicted molar refractivity (Wildman–Crippen MR) is 77.4 cm³/mol. The largest absolute Gasteiger partial charge is 0.343 e. The maximum atomic E-state index is 11.5. The van der Waals surface area contributed by atoms with Gasteiger partial charge < -0.3 is 4.90 Å². The van der Waals surface area contributed by atoms with Crippen LogP contribution in [-0.4, -0.2) is 23.9 Å². The van der Waals surface area contributed by atoms with Crippen molar-refractivity contribution < 1.29 is 4.79 Å². The monoisotopic (exact) mass is 253 g/mol. The number of hydrogen-bond donors (Lipinski definition) is 0. The number of carbonyl (C=O) groups excluding carboxylic acids is 1. The molecule has 18 heavy (non-hydrogen) atoms. The molecule has 0 aromatic carbocycles. The zero-order chi connectivity index (χ0) is 14.2. The summed E-state index contributed by atoms with van der Waals surface area (Å²) in [5.41, 5.74) is 1.03. The minimum atomic E-state index is 0.230. The van der Waals surface area contributed by atoms with Gasteiger partial charge in [0.25, 0.3) is 0 Å². The summed E-state index contributed by atoms with van der Waals surface area (Å²) in [6.45, 7) is 17.6. The van der Waals surface area contributed by atoms with Gasteiger partial charge in [-0.2, -0.15) is 0 Å². The molecule has 0 bridgehead atoms. The van der Waals surface area contributed by atoms with E-state index in [9.17, 15) is 4.79 Å². The first kappa shape index (κ1) is 15.5. The first-order chi connectivity index (χ1) is 7.97. The smallest absolute Gasteiger partial charge is 0.219 e. The normalized spacial score (nSPS) is 20.9. The van der Waals surface area contributed by atoms with Gasteiger partial charge in [0, 0.05) is 20.0 Å². The van der Waals surface area contributed by atoms with Gasteiger partial charge in [-0.05, 0) is 35.5 Å². The Kier molecular flexibility index (Phi) is 4.19. The van der Waals surface area contributed by atoms with Crippen LogP contribution in [0.3, 0.4) is 0 Å². The molecule has 1 saturated heterocycles. The molecule has 0 aromatic heterocycles. The van der Waals surface area contributed by atoms with Crippen molar-refractivity contribution >= 4 is 5.91 Å². The molecule has 2 nitrogen and oxygen atoms in total. The molecular weight excluding hydrogens is 222 g/mol. The Morgan fingerprint density at radius 3 is 1.78 bits per heavy atom. The van der Waals surface area contributed by atoms with E-state index in [0.717, 1.165) is 25.9 Å². The summed E-state index contributed by atoms with van der Waals surface area (Å²) < 4.78 is 0. The molecule has 1 amide bonds. The van der Waals surface area contributed by atoms with E-state index in [4.69, 9.17) is 0 Å². The Morgan fingerprint density at radius 2 is 1.50 bits per heavy atom. The average Bonchev–Trinajstić information content (AvgIpc) is 2.13. The van der Waals surface area contributed by atoms with Crippen molar-refractivity contribution in [2.75, 3.05) is 13.1 Å². The van der Waals surface area contributed by atoms with Gasteiger partial charge in [-0.3, -0.25) is 4.79 Å². The second kappa shape index (κ2) is 4.86. The van der Waals surface area contributed by atoms with E-state index < -0.39 is 0 Å². The maximum Gasteiger partial charge on any atom is 0.219 e. The molecule has 0 saturated carbocycles. The van der Waals surface area contributed by atoms with Crippen molar-refractivity contribution in [3.63, 3.8) is 0 Å². The van der Waals surface area contributed by atoms with Crippen molar-refractivity contribution in [3.8, 4) is 0 Å². The zero-order valence-corrected chi connectivity index (χ0v) is 13.4. The van der Waals surface area contributed by atoms with Crippen molar-refractivity contribution in [2.24, 2.45) is 16.2 Å². The second-order valence-corrected chi connectivity index (χ2v) is 8.27. The summed E-state index contributed by atoms with van der Waals surface area (Å²) in [4.78, 5) is 13.5. The molecule has 1 aliphatic rings. The molecular formula is C16H31NO. The summed E-state index contributed by atoms with van der Waals surface area (Å²) in [7, 11) is 0. The molecule has 0 N–H and O–H groups in total. The standard InChI is InChI=1S/C16H31NO/c1-13(18)17-10-8-16(9-11-17,15(5,6)7)12-14(2,3)4/h8-12H2,1-7H3. The minimum absolute atomic E-state index is 0.230. The second-order valence-electron chi connectivity index (χ2n) is 8.27. The highest BCUT2D eigenvalue weighted by atomic mass is 16.2. The van der Waals surface area contributed by atoms with E-state index in [1.54, 1.807) is 6.92 Å². The quantitative estimate of drug-likeness (QED) is 0.689. The van der Waals surface area contributed by atoms with E-state index >= 15 is 0 Å². The fourth-order valence-corrected chi connectivity index (χ4v) is 3.46. The lowest BCUT2D eigenvalue weighted by Gasteiger charge is -2.52. The number of carbonyl (C=O) groups is 1. The highest BCUT2D eigenvalue weighted by Crippen LogP contribution is 2.53.